The van der Waals surface area contributed by atoms with Gasteiger partial charge < -0.3 is 9.72 Å². The lowest BCUT2D eigenvalue weighted by Crippen LogP contribution is -2.29. The fourth-order valence-electron chi connectivity index (χ4n) is 2.75. The van der Waals surface area contributed by atoms with E-state index in [0.717, 1.165) is 22.9 Å². The summed E-state index contributed by atoms with van der Waals surface area (Å²) in [5, 5.41) is 3.79. The zero-order valence-electron chi connectivity index (χ0n) is 11.5. The van der Waals surface area contributed by atoms with E-state index in [1.54, 1.807) is 7.05 Å². The van der Waals surface area contributed by atoms with Crippen LogP contribution in [0.4, 0.5) is 0 Å². The van der Waals surface area contributed by atoms with Gasteiger partial charge in [0.05, 0.1) is 0 Å². The molecule has 1 aromatic heterocycles. The molecule has 2 heterocycles. The van der Waals surface area contributed by atoms with Crippen molar-refractivity contribution >= 4 is 22.8 Å². The van der Waals surface area contributed by atoms with E-state index >= 15 is 0 Å². The number of H-pyrrole nitrogens is 1. The third-order valence-electron chi connectivity index (χ3n) is 3.76. The third kappa shape index (κ3) is 1.95. The van der Waals surface area contributed by atoms with Crippen LogP contribution in [-0.2, 0) is 9.53 Å². The van der Waals surface area contributed by atoms with Crippen molar-refractivity contribution in [2.45, 2.75) is 25.4 Å². The number of rotatable bonds is 3. The Labute approximate surface area is 117 Å². The van der Waals surface area contributed by atoms with Crippen LogP contribution >= 0.6 is 0 Å². The van der Waals surface area contributed by atoms with Crippen LogP contribution in [0.1, 0.15) is 24.8 Å². The molecule has 1 aliphatic rings. The van der Waals surface area contributed by atoms with Crippen LogP contribution in [0, 0.1) is 0 Å². The molecule has 20 heavy (non-hydrogen) atoms. The third-order valence-corrected chi connectivity index (χ3v) is 3.76. The van der Waals surface area contributed by atoms with Gasteiger partial charge in [0.1, 0.15) is 0 Å². The predicted molar refractivity (Wildman–Crippen MR) is 77.7 cm³/mol. The van der Waals surface area contributed by atoms with Gasteiger partial charge in [0.15, 0.2) is 6.10 Å². The fourth-order valence-corrected chi connectivity index (χ4v) is 2.75. The number of nitrogens with zero attached hydrogens (tertiary/aromatic N) is 1. The first kappa shape index (κ1) is 12.7. The number of ether oxygens (including phenoxy) is 1. The largest absolute Gasteiger partial charge is 0.451 e. The van der Waals surface area contributed by atoms with Crippen molar-refractivity contribution < 1.29 is 9.53 Å². The summed E-state index contributed by atoms with van der Waals surface area (Å²) in [7, 11) is 1.60. The van der Waals surface area contributed by atoms with Gasteiger partial charge in [-0.2, -0.15) is 0 Å². The number of fused-ring (bicyclic) bond motifs is 1. The second-order valence-corrected chi connectivity index (χ2v) is 4.86. The number of amides is 1. The van der Waals surface area contributed by atoms with Crippen molar-refractivity contribution in [3.8, 4) is 0 Å². The van der Waals surface area contributed by atoms with Gasteiger partial charge in [-0.3, -0.25) is 10.1 Å². The smallest absolute Gasteiger partial charge is 0.292 e. The average molecular weight is 271 g/mol. The number of para-hydroxylation sites is 1. The van der Waals surface area contributed by atoms with E-state index in [1.807, 2.05) is 24.4 Å². The molecule has 5 nitrogen and oxygen atoms in total. The van der Waals surface area contributed by atoms with Gasteiger partial charge >= 0.3 is 0 Å². The van der Waals surface area contributed by atoms with Crippen molar-refractivity contribution in [3.05, 3.63) is 36.0 Å². The van der Waals surface area contributed by atoms with E-state index in [-0.39, 0.29) is 11.8 Å². The molecule has 0 saturated carbocycles. The molecule has 104 valence electrons. The lowest BCUT2D eigenvalue weighted by Gasteiger charge is -2.18. The summed E-state index contributed by atoms with van der Waals surface area (Å²) in [6, 6.07) is 8.38. The molecule has 1 saturated heterocycles. The molecule has 2 atom stereocenters. The highest BCUT2D eigenvalue weighted by Crippen LogP contribution is 2.33. The molecule has 1 aromatic carbocycles. The van der Waals surface area contributed by atoms with Crippen molar-refractivity contribution in [2.24, 2.45) is 4.99 Å². The molecule has 1 aliphatic heterocycles. The molecule has 2 aromatic rings. The highest BCUT2D eigenvalue weighted by Gasteiger charge is 2.38. The van der Waals surface area contributed by atoms with E-state index in [2.05, 4.69) is 28.3 Å². The number of benzene rings is 1. The Kier molecular flexibility index (Phi) is 3.18. The number of amidine groups is 1. The first-order chi connectivity index (χ1) is 9.74. The zero-order chi connectivity index (χ0) is 14.1. The molecule has 0 radical (unpaired) electrons. The number of hydrogen-bond acceptors (Lipinski definition) is 3. The van der Waals surface area contributed by atoms with Crippen molar-refractivity contribution in [2.75, 3.05) is 7.05 Å². The van der Waals surface area contributed by atoms with Gasteiger partial charge in [0, 0.05) is 30.1 Å². The Balaban J connectivity index is 2.00. The lowest BCUT2D eigenvalue weighted by molar-refractivity contribution is -0.124. The second kappa shape index (κ2) is 5.00. The Morgan fingerprint density at radius 1 is 1.40 bits per heavy atom. The molecular formula is C15H17N3O2. The van der Waals surface area contributed by atoms with Crippen LogP contribution in [0.2, 0.25) is 0 Å². The van der Waals surface area contributed by atoms with E-state index in [9.17, 15) is 4.79 Å². The summed E-state index contributed by atoms with van der Waals surface area (Å²) >= 11 is 0. The van der Waals surface area contributed by atoms with Gasteiger partial charge in [-0.25, -0.2) is 4.99 Å². The van der Waals surface area contributed by atoms with E-state index in [1.165, 1.54) is 0 Å². The molecule has 0 spiro atoms. The van der Waals surface area contributed by atoms with Gasteiger partial charge in [-0.15, -0.1) is 0 Å². The highest BCUT2D eigenvalue weighted by molar-refractivity contribution is 6.02. The van der Waals surface area contributed by atoms with Crippen LogP contribution in [0.5, 0.6) is 0 Å². The summed E-state index contributed by atoms with van der Waals surface area (Å²) in [6.07, 6.45) is 2.27. The molecule has 3 rings (SSSR count). The number of carbonyl (C=O) groups excluding carboxylic acids is 1. The first-order valence-corrected chi connectivity index (χ1v) is 6.75. The summed E-state index contributed by atoms with van der Waals surface area (Å²) in [6.45, 7) is 2.06. The van der Waals surface area contributed by atoms with Gasteiger partial charge in [0.2, 0.25) is 0 Å². The van der Waals surface area contributed by atoms with Crippen molar-refractivity contribution in [1.82, 2.24) is 10.3 Å². The first-order valence-electron chi connectivity index (χ1n) is 6.75. The molecule has 2 N–H and O–H groups in total. The zero-order valence-corrected chi connectivity index (χ0v) is 11.5. The maximum absolute atomic E-state index is 12.0. The normalized spacial score (nSPS) is 22.0. The van der Waals surface area contributed by atoms with Gasteiger partial charge in [-0.05, 0) is 18.1 Å². The Morgan fingerprint density at radius 3 is 2.90 bits per heavy atom. The average Bonchev–Trinajstić information content (AvgIpc) is 3.05. The number of aliphatic imine (C=N–C) groups is 1. The van der Waals surface area contributed by atoms with Crippen molar-refractivity contribution in [1.29, 1.82) is 0 Å². The molecular weight excluding hydrogens is 254 g/mol. The summed E-state index contributed by atoms with van der Waals surface area (Å²) in [5.74, 6) is -0.117. The Bertz CT molecular complexity index is 675. The second-order valence-electron chi connectivity index (χ2n) is 4.86. The fraction of sp³-hybridized carbons (Fsp3) is 0.333. The monoisotopic (exact) mass is 271 g/mol. The minimum absolute atomic E-state index is 0.00500. The minimum atomic E-state index is -0.516. The molecule has 5 heteroatoms. The Hall–Kier alpha value is -2.30. The minimum Gasteiger partial charge on any atom is -0.451 e. The quantitative estimate of drug-likeness (QED) is 0.898. The summed E-state index contributed by atoms with van der Waals surface area (Å²) in [4.78, 5) is 19.2. The summed E-state index contributed by atoms with van der Waals surface area (Å²) in [5.41, 5.74) is 2.18. The van der Waals surface area contributed by atoms with Crippen LogP contribution in [0.15, 0.2) is 35.5 Å². The number of aromatic nitrogens is 1. The Morgan fingerprint density at radius 2 is 2.20 bits per heavy atom. The highest BCUT2D eigenvalue weighted by atomic mass is 16.5. The maximum atomic E-state index is 12.0. The van der Waals surface area contributed by atoms with Crippen LogP contribution in [-0.4, -0.2) is 30.1 Å². The summed E-state index contributed by atoms with van der Waals surface area (Å²) < 4.78 is 5.62. The van der Waals surface area contributed by atoms with E-state index in [4.69, 9.17) is 4.74 Å². The van der Waals surface area contributed by atoms with Crippen LogP contribution < -0.4 is 5.32 Å². The molecule has 1 amide bonds. The van der Waals surface area contributed by atoms with Crippen molar-refractivity contribution in [3.63, 3.8) is 0 Å². The van der Waals surface area contributed by atoms with E-state index < -0.39 is 6.10 Å². The molecule has 1 fully saturated rings. The number of hydrogen-bond donors (Lipinski definition) is 2. The molecule has 0 aliphatic carbocycles. The maximum Gasteiger partial charge on any atom is 0.292 e. The van der Waals surface area contributed by atoms with Crippen LogP contribution in [0.3, 0.4) is 0 Å². The SMILES string of the molecule is CC[C@H](c1c[nH]c2ccccc12)[C@@H]1OC(=NC)NC1=O. The van der Waals surface area contributed by atoms with Crippen LogP contribution in [0.25, 0.3) is 10.9 Å². The molecule has 0 unspecified atom stereocenters. The predicted octanol–water partition coefficient (Wildman–Crippen LogP) is 2.16. The number of nitrogens with one attached hydrogen (secondary N) is 2. The topological polar surface area (TPSA) is 66.5 Å². The lowest BCUT2D eigenvalue weighted by atomic mass is 9.90. The van der Waals surface area contributed by atoms with Gasteiger partial charge in [-0.1, -0.05) is 25.1 Å². The van der Waals surface area contributed by atoms with E-state index in [0.29, 0.717) is 6.02 Å². The number of carbonyl (C=O) groups is 1. The standard InChI is InChI=1S/C15H17N3O2/c1-3-9(13-14(19)18-15(16-2)20-13)11-8-17-12-7-5-4-6-10(11)12/h4-9,13,17H,3H2,1-2H3,(H,16,18,19)/t9-,13+/m1/s1. The van der Waals surface area contributed by atoms with Gasteiger partial charge in [0.25, 0.3) is 11.9 Å². The number of aromatic amines is 1. The molecule has 0 bridgehead atoms.